The molecule has 0 aliphatic heterocycles. The lowest BCUT2D eigenvalue weighted by Crippen LogP contribution is -1.92. The van der Waals surface area contributed by atoms with Gasteiger partial charge in [0.05, 0.1) is 11.9 Å². The summed E-state index contributed by atoms with van der Waals surface area (Å²) in [4.78, 5) is 4.52. The Morgan fingerprint density at radius 3 is 2.75 bits per heavy atom. The van der Waals surface area contributed by atoms with Crippen molar-refractivity contribution in [3.63, 3.8) is 0 Å². The molecule has 1 fully saturated rings. The highest BCUT2D eigenvalue weighted by molar-refractivity contribution is 7.14. The standard InChI is InChI=1S/C19H17N3OS/c23-18-15(7-4-8-16(18)13-9-10-13)11-20-22-19-21-17(12-24-19)14-5-2-1-3-6-14/h1-8,11-13,23H,9-10H2,(H,21,22). The Bertz CT molecular complexity index is 869. The third kappa shape index (κ3) is 3.16. The molecule has 0 radical (unpaired) electrons. The maximum atomic E-state index is 10.3. The fraction of sp³-hybridized carbons (Fsp3) is 0.158. The van der Waals surface area contributed by atoms with E-state index in [1.807, 2.05) is 53.9 Å². The zero-order chi connectivity index (χ0) is 16.4. The normalized spacial score (nSPS) is 14.2. The highest BCUT2D eigenvalue weighted by atomic mass is 32.1. The van der Waals surface area contributed by atoms with Crippen LogP contribution in [0.25, 0.3) is 11.3 Å². The molecule has 3 aromatic rings. The van der Waals surface area contributed by atoms with Crippen LogP contribution in [-0.2, 0) is 0 Å². The molecule has 5 heteroatoms. The zero-order valence-corrected chi connectivity index (χ0v) is 13.8. The van der Waals surface area contributed by atoms with E-state index >= 15 is 0 Å². The smallest absolute Gasteiger partial charge is 0.203 e. The van der Waals surface area contributed by atoms with Crippen LogP contribution in [0.4, 0.5) is 5.13 Å². The van der Waals surface area contributed by atoms with Crippen LogP contribution < -0.4 is 5.43 Å². The van der Waals surface area contributed by atoms with E-state index in [2.05, 4.69) is 15.5 Å². The summed E-state index contributed by atoms with van der Waals surface area (Å²) in [5.74, 6) is 0.855. The number of rotatable bonds is 5. The van der Waals surface area contributed by atoms with Crippen molar-refractivity contribution in [3.8, 4) is 17.0 Å². The summed E-state index contributed by atoms with van der Waals surface area (Å²) in [5.41, 5.74) is 6.71. The molecule has 1 aliphatic rings. The topological polar surface area (TPSA) is 57.5 Å². The minimum atomic E-state index is 0.342. The van der Waals surface area contributed by atoms with E-state index < -0.39 is 0 Å². The predicted octanol–water partition coefficient (Wildman–Crippen LogP) is 4.84. The number of hydrazone groups is 1. The van der Waals surface area contributed by atoms with Gasteiger partial charge in [-0.25, -0.2) is 4.98 Å². The van der Waals surface area contributed by atoms with E-state index in [-0.39, 0.29) is 0 Å². The molecule has 120 valence electrons. The summed E-state index contributed by atoms with van der Waals surface area (Å²) in [6.45, 7) is 0. The average molecular weight is 335 g/mol. The first kappa shape index (κ1) is 14.9. The lowest BCUT2D eigenvalue weighted by atomic mass is 10.1. The van der Waals surface area contributed by atoms with Crippen molar-refractivity contribution in [3.05, 3.63) is 65.0 Å². The van der Waals surface area contributed by atoms with Gasteiger partial charge < -0.3 is 5.11 Å². The molecule has 0 atom stereocenters. The van der Waals surface area contributed by atoms with Gasteiger partial charge in [0.25, 0.3) is 0 Å². The molecule has 0 amide bonds. The summed E-state index contributed by atoms with van der Waals surface area (Å²) < 4.78 is 0. The first-order valence-electron chi connectivity index (χ1n) is 7.93. The Hall–Kier alpha value is -2.66. The average Bonchev–Trinajstić information content (AvgIpc) is 3.35. The number of nitrogens with zero attached hydrogens (tertiary/aromatic N) is 2. The van der Waals surface area contributed by atoms with E-state index in [9.17, 15) is 5.11 Å². The van der Waals surface area contributed by atoms with Crippen molar-refractivity contribution in [1.29, 1.82) is 0 Å². The third-order valence-electron chi connectivity index (χ3n) is 4.05. The minimum Gasteiger partial charge on any atom is -0.507 e. The van der Waals surface area contributed by atoms with Gasteiger partial charge >= 0.3 is 0 Å². The van der Waals surface area contributed by atoms with Crippen molar-refractivity contribution in [1.82, 2.24) is 4.98 Å². The fourth-order valence-corrected chi connectivity index (χ4v) is 3.30. The third-order valence-corrected chi connectivity index (χ3v) is 4.80. The molecule has 24 heavy (non-hydrogen) atoms. The Balaban J connectivity index is 1.46. The van der Waals surface area contributed by atoms with Crippen LogP contribution in [0.5, 0.6) is 5.75 Å². The molecule has 1 aliphatic carbocycles. The molecular formula is C19H17N3OS. The molecule has 4 rings (SSSR count). The number of anilines is 1. The predicted molar refractivity (Wildman–Crippen MR) is 98.8 cm³/mol. The highest BCUT2D eigenvalue weighted by Gasteiger charge is 2.26. The Kier molecular flexibility index (Phi) is 4.01. The van der Waals surface area contributed by atoms with E-state index in [0.29, 0.717) is 11.7 Å². The molecule has 2 aromatic carbocycles. The number of para-hydroxylation sites is 1. The number of aromatic nitrogens is 1. The Labute approximate surface area is 144 Å². The van der Waals surface area contributed by atoms with Gasteiger partial charge in [-0.3, -0.25) is 5.43 Å². The lowest BCUT2D eigenvalue weighted by Gasteiger charge is -2.05. The van der Waals surface area contributed by atoms with Crippen LogP contribution in [0.15, 0.2) is 59.0 Å². The molecule has 0 saturated heterocycles. The SMILES string of the molecule is Oc1c(C=NNc2nc(-c3ccccc3)cs2)cccc1C1CC1. The van der Waals surface area contributed by atoms with Gasteiger partial charge in [-0.05, 0) is 30.4 Å². The van der Waals surface area contributed by atoms with Gasteiger partial charge in [0.1, 0.15) is 5.75 Å². The summed E-state index contributed by atoms with van der Waals surface area (Å²) in [5, 5.41) is 17.3. The number of thiazole rings is 1. The number of phenolic OH excluding ortho intramolecular Hbond substituents is 1. The maximum Gasteiger partial charge on any atom is 0.203 e. The van der Waals surface area contributed by atoms with Crippen molar-refractivity contribution in [2.24, 2.45) is 5.10 Å². The first-order chi connectivity index (χ1) is 11.8. The van der Waals surface area contributed by atoms with Crippen LogP contribution in [0.2, 0.25) is 0 Å². The van der Waals surface area contributed by atoms with Gasteiger partial charge in [0.2, 0.25) is 5.13 Å². The number of aromatic hydroxyl groups is 1. The van der Waals surface area contributed by atoms with E-state index in [1.54, 1.807) is 6.21 Å². The van der Waals surface area contributed by atoms with Gasteiger partial charge in [0, 0.05) is 16.5 Å². The molecule has 4 nitrogen and oxygen atoms in total. The van der Waals surface area contributed by atoms with Crippen molar-refractivity contribution in [2.45, 2.75) is 18.8 Å². The van der Waals surface area contributed by atoms with Crippen LogP contribution in [0, 0.1) is 0 Å². The first-order valence-corrected chi connectivity index (χ1v) is 8.81. The molecule has 1 heterocycles. The molecular weight excluding hydrogens is 318 g/mol. The number of hydrogen-bond donors (Lipinski definition) is 2. The second-order valence-corrected chi connectivity index (χ2v) is 6.69. The molecule has 0 spiro atoms. The molecule has 1 aromatic heterocycles. The number of phenols is 1. The van der Waals surface area contributed by atoms with Crippen LogP contribution in [0.3, 0.4) is 0 Å². The molecule has 0 bridgehead atoms. The van der Waals surface area contributed by atoms with Crippen molar-refractivity contribution < 1.29 is 5.11 Å². The molecule has 0 unspecified atom stereocenters. The van der Waals surface area contributed by atoms with Gasteiger partial charge in [0.15, 0.2) is 0 Å². The van der Waals surface area contributed by atoms with Crippen molar-refractivity contribution in [2.75, 3.05) is 5.43 Å². The summed E-state index contributed by atoms with van der Waals surface area (Å²) >= 11 is 1.50. The lowest BCUT2D eigenvalue weighted by molar-refractivity contribution is 0.467. The van der Waals surface area contributed by atoms with Crippen LogP contribution >= 0.6 is 11.3 Å². The van der Waals surface area contributed by atoms with Gasteiger partial charge in [-0.15, -0.1) is 11.3 Å². The highest BCUT2D eigenvalue weighted by Crippen LogP contribution is 2.44. The van der Waals surface area contributed by atoms with Gasteiger partial charge in [-0.2, -0.15) is 5.10 Å². The summed E-state index contributed by atoms with van der Waals surface area (Å²) in [7, 11) is 0. The van der Waals surface area contributed by atoms with E-state index in [0.717, 1.165) is 40.4 Å². The quantitative estimate of drug-likeness (QED) is 0.518. The second kappa shape index (κ2) is 6.45. The largest absolute Gasteiger partial charge is 0.507 e. The van der Waals surface area contributed by atoms with Crippen LogP contribution in [-0.4, -0.2) is 16.3 Å². The number of hydrogen-bond acceptors (Lipinski definition) is 5. The summed E-state index contributed by atoms with van der Waals surface area (Å²) in [6.07, 6.45) is 3.96. The Morgan fingerprint density at radius 1 is 1.12 bits per heavy atom. The minimum absolute atomic E-state index is 0.342. The fourth-order valence-electron chi connectivity index (χ4n) is 2.63. The Morgan fingerprint density at radius 2 is 1.96 bits per heavy atom. The van der Waals surface area contributed by atoms with Gasteiger partial charge in [-0.1, -0.05) is 42.5 Å². The zero-order valence-electron chi connectivity index (χ0n) is 13.0. The number of nitrogens with one attached hydrogen (secondary N) is 1. The van der Waals surface area contributed by atoms with E-state index in [4.69, 9.17) is 0 Å². The van der Waals surface area contributed by atoms with E-state index in [1.165, 1.54) is 11.3 Å². The molecule has 2 N–H and O–H groups in total. The second-order valence-electron chi connectivity index (χ2n) is 5.83. The maximum absolute atomic E-state index is 10.3. The molecule has 1 saturated carbocycles. The number of benzene rings is 2. The van der Waals surface area contributed by atoms with Crippen LogP contribution in [0.1, 0.15) is 29.9 Å². The summed E-state index contributed by atoms with van der Waals surface area (Å²) in [6, 6.07) is 15.9. The monoisotopic (exact) mass is 335 g/mol. The van der Waals surface area contributed by atoms with Crippen molar-refractivity contribution >= 4 is 22.7 Å².